The molecular formula is C18H17ClN2O2. The van der Waals surface area contributed by atoms with Crippen LogP contribution in [-0.4, -0.2) is 17.9 Å². The van der Waals surface area contributed by atoms with E-state index in [0.29, 0.717) is 17.0 Å². The van der Waals surface area contributed by atoms with E-state index in [1.165, 1.54) is 0 Å². The van der Waals surface area contributed by atoms with Gasteiger partial charge in [0.15, 0.2) is 0 Å². The maximum atomic E-state index is 12.1. The van der Waals surface area contributed by atoms with Crippen LogP contribution in [0.25, 0.3) is 6.08 Å². The van der Waals surface area contributed by atoms with Crippen LogP contribution in [0.1, 0.15) is 22.3 Å². The van der Waals surface area contributed by atoms with Crippen molar-refractivity contribution in [3.63, 3.8) is 0 Å². The van der Waals surface area contributed by atoms with Crippen molar-refractivity contribution in [2.45, 2.75) is 12.5 Å². The SMILES string of the molecule is NC(=O)[C@H](C/C=C/c1ccccc1)NC(=O)c1ccc(Cl)cc1. The molecule has 0 spiro atoms. The lowest BCUT2D eigenvalue weighted by Crippen LogP contribution is -2.44. The summed E-state index contributed by atoms with van der Waals surface area (Å²) < 4.78 is 0. The highest BCUT2D eigenvalue weighted by molar-refractivity contribution is 6.30. The normalized spacial score (nSPS) is 12.0. The second-order valence-corrected chi connectivity index (χ2v) is 5.42. The van der Waals surface area contributed by atoms with Gasteiger partial charge in [0.05, 0.1) is 0 Å². The van der Waals surface area contributed by atoms with Crippen LogP contribution in [0.15, 0.2) is 60.7 Å². The van der Waals surface area contributed by atoms with E-state index >= 15 is 0 Å². The summed E-state index contributed by atoms with van der Waals surface area (Å²) in [6.07, 6.45) is 4.01. The van der Waals surface area contributed by atoms with Crippen LogP contribution in [0.5, 0.6) is 0 Å². The number of amides is 2. The van der Waals surface area contributed by atoms with Crippen molar-refractivity contribution < 1.29 is 9.59 Å². The van der Waals surface area contributed by atoms with Crippen molar-refractivity contribution in [1.29, 1.82) is 0 Å². The van der Waals surface area contributed by atoms with Gasteiger partial charge in [-0.3, -0.25) is 9.59 Å². The molecule has 0 saturated heterocycles. The fraction of sp³-hybridized carbons (Fsp3) is 0.111. The van der Waals surface area contributed by atoms with Crippen molar-refractivity contribution in [3.05, 3.63) is 76.8 Å². The molecule has 2 amide bonds. The van der Waals surface area contributed by atoms with Gasteiger partial charge in [-0.05, 0) is 36.2 Å². The molecule has 0 aliphatic heterocycles. The highest BCUT2D eigenvalue weighted by Crippen LogP contribution is 2.10. The van der Waals surface area contributed by atoms with Crippen LogP contribution in [0, 0.1) is 0 Å². The van der Waals surface area contributed by atoms with E-state index in [1.807, 2.05) is 42.5 Å². The Labute approximate surface area is 140 Å². The molecular weight excluding hydrogens is 312 g/mol. The minimum atomic E-state index is -0.766. The molecule has 2 aromatic rings. The van der Waals surface area contributed by atoms with Gasteiger partial charge in [0.2, 0.25) is 5.91 Å². The van der Waals surface area contributed by atoms with Crippen LogP contribution < -0.4 is 11.1 Å². The lowest BCUT2D eigenvalue weighted by molar-refractivity contribution is -0.119. The van der Waals surface area contributed by atoms with Crippen molar-refractivity contribution >= 4 is 29.5 Å². The van der Waals surface area contributed by atoms with E-state index in [9.17, 15) is 9.59 Å². The number of carbonyl (C=O) groups excluding carboxylic acids is 2. The molecule has 4 nitrogen and oxygen atoms in total. The number of benzene rings is 2. The van der Waals surface area contributed by atoms with Crippen LogP contribution >= 0.6 is 11.6 Å². The molecule has 0 fully saturated rings. The molecule has 0 radical (unpaired) electrons. The first-order valence-corrected chi connectivity index (χ1v) is 7.51. The summed E-state index contributed by atoms with van der Waals surface area (Å²) in [6, 6.07) is 15.3. The highest BCUT2D eigenvalue weighted by Gasteiger charge is 2.17. The van der Waals surface area contributed by atoms with E-state index in [1.54, 1.807) is 24.3 Å². The fourth-order valence-electron chi connectivity index (χ4n) is 1.99. The van der Waals surface area contributed by atoms with Gasteiger partial charge in [0.1, 0.15) is 6.04 Å². The van der Waals surface area contributed by atoms with Crippen LogP contribution in [0.4, 0.5) is 0 Å². The fourth-order valence-corrected chi connectivity index (χ4v) is 2.12. The number of carbonyl (C=O) groups is 2. The molecule has 0 saturated carbocycles. The van der Waals surface area contributed by atoms with Gasteiger partial charge in [0.25, 0.3) is 5.91 Å². The quantitative estimate of drug-likeness (QED) is 0.855. The van der Waals surface area contributed by atoms with Gasteiger partial charge < -0.3 is 11.1 Å². The number of nitrogens with one attached hydrogen (secondary N) is 1. The van der Waals surface area contributed by atoms with E-state index in [0.717, 1.165) is 5.56 Å². The Balaban J connectivity index is 1.98. The number of hydrogen-bond acceptors (Lipinski definition) is 2. The van der Waals surface area contributed by atoms with Gasteiger partial charge in [0, 0.05) is 10.6 Å². The average molecular weight is 329 g/mol. The van der Waals surface area contributed by atoms with Crippen LogP contribution in [0.3, 0.4) is 0 Å². The number of primary amides is 1. The first kappa shape index (κ1) is 16.8. The predicted octanol–water partition coefficient (Wildman–Crippen LogP) is 3.03. The Morgan fingerprint density at radius 2 is 1.74 bits per heavy atom. The summed E-state index contributed by atoms with van der Waals surface area (Å²) in [5, 5.41) is 3.17. The van der Waals surface area contributed by atoms with Crippen molar-refractivity contribution in [3.8, 4) is 0 Å². The van der Waals surface area contributed by atoms with Gasteiger partial charge >= 0.3 is 0 Å². The van der Waals surface area contributed by atoms with Crippen LogP contribution in [-0.2, 0) is 4.79 Å². The molecule has 3 N–H and O–H groups in total. The Hall–Kier alpha value is -2.59. The molecule has 0 aromatic heterocycles. The van der Waals surface area contributed by atoms with Crippen molar-refractivity contribution in [1.82, 2.24) is 5.32 Å². The second-order valence-electron chi connectivity index (χ2n) is 4.98. The maximum Gasteiger partial charge on any atom is 0.251 e. The zero-order valence-corrected chi connectivity index (χ0v) is 13.2. The highest BCUT2D eigenvalue weighted by atomic mass is 35.5. The molecule has 2 aromatic carbocycles. The third kappa shape index (κ3) is 5.27. The van der Waals surface area contributed by atoms with E-state index in [4.69, 9.17) is 17.3 Å². The lowest BCUT2D eigenvalue weighted by atomic mass is 10.1. The molecule has 0 bridgehead atoms. The smallest absolute Gasteiger partial charge is 0.251 e. The summed E-state index contributed by atoms with van der Waals surface area (Å²) >= 11 is 5.78. The molecule has 0 aliphatic rings. The summed E-state index contributed by atoms with van der Waals surface area (Å²) in [5.74, 6) is -0.941. The number of nitrogens with two attached hydrogens (primary N) is 1. The minimum absolute atomic E-state index is 0.323. The number of rotatable bonds is 6. The van der Waals surface area contributed by atoms with Crippen molar-refractivity contribution in [2.75, 3.05) is 0 Å². The predicted molar refractivity (Wildman–Crippen MR) is 92.0 cm³/mol. The summed E-state index contributed by atoms with van der Waals surface area (Å²) in [6.45, 7) is 0. The van der Waals surface area contributed by atoms with Crippen LogP contribution in [0.2, 0.25) is 5.02 Å². The van der Waals surface area contributed by atoms with E-state index < -0.39 is 11.9 Å². The first-order chi connectivity index (χ1) is 11.1. The van der Waals surface area contributed by atoms with Gasteiger partial charge in [-0.15, -0.1) is 0 Å². The maximum absolute atomic E-state index is 12.1. The Bertz CT molecular complexity index is 697. The van der Waals surface area contributed by atoms with Gasteiger partial charge in [-0.2, -0.15) is 0 Å². The Kier molecular flexibility index (Phi) is 5.94. The standard InChI is InChI=1S/C18H17ClN2O2/c19-15-11-9-14(10-12-15)18(23)21-16(17(20)22)8-4-7-13-5-2-1-3-6-13/h1-7,9-12,16H,8H2,(H2,20,22)(H,21,23)/b7-4+/t16-/m0/s1. The average Bonchev–Trinajstić information content (AvgIpc) is 2.55. The van der Waals surface area contributed by atoms with Gasteiger partial charge in [-0.25, -0.2) is 0 Å². The van der Waals surface area contributed by atoms with Crippen molar-refractivity contribution in [2.24, 2.45) is 5.73 Å². The first-order valence-electron chi connectivity index (χ1n) is 7.13. The Morgan fingerprint density at radius 1 is 1.09 bits per heavy atom. The van der Waals surface area contributed by atoms with E-state index in [2.05, 4.69) is 5.32 Å². The largest absolute Gasteiger partial charge is 0.368 e. The number of hydrogen-bond donors (Lipinski definition) is 2. The zero-order chi connectivity index (χ0) is 16.7. The van der Waals surface area contributed by atoms with Gasteiger partial charge in [-0.1, -0.05) is 54.1 Å². The molecule has 1 atom stereocenters. The molecule has 118 valence electrons. The number of halogens is 1. The zero-order valence-electron chi connectivity index (χ0n) is 12.4. The topological polar surface area (TPSA) is 72.2 Å². The third-order valence-corrected chi connectivity index (χ3v) is 3.49. The molecule has 0 heterocycles. The minimum Gasteiger partial charge on any atom is -0.368 e. The summed E-state index contributed by atoms with van der Waals surface area (Å²) in [7, 11) is 0. The lowest BCUT2D eigenvalue weighted by Gasteiger charge is -2.13. The summed E-state index contributed by atoms with van der Waals surface area (Å²) in [4.78, 5) is 23.6. The molecule has 0 aliphatic carbocycles. The molecule has 2 rings (SSSR count). The van der Waals surface area contributed by atoms with E-state index in [-0.39, 0.29) is 5.91 Å². The molecule has 5 heteroatoms. The third-order valence-electron chi connectivity index (χ3n) is 3.24. The molecule has 23 heavy (non-hydrogen) atoms. The monoisotopic (exact) mass is 328 g/mol. The second kappa shape index (κ2) is 8.15. The Morgan fingerprint density at radius 3 is 2.35 bits per heavy atom. The summed E-state index contributed by atoms with van der Waals surface area (Å²) in [5.41, 5.74) is 6.80. The molecule has 0 unspecified atom stereocenters.